The third kappa shape index (κ3) is 2.81. The number of rotatable bonds is 4. The Morgan fingerprint density at radius 3 is 2.52 bits per heavy atom. The van der Waals surface area contributed by atoms with Gasteiger partial charge >= 0.3 is 0 Å². The molecular formula is C18H14N4O4S. The van der Waals surface area contributed by atoms with Crippen LogP contribution in [0.1, 0.15) is 32.5 Å². The van der Waals surface area contributed by atoms with Gasteiger partial charge in [-0.15, -0.1) is 11.3 Å². The van der Waals surface area contributed by atoms with E-state index in [2.05, 4.69) is 15.3 Å². The number of amides is 3. The minimum atomic E-state index is -0.951. The maximum absolute atomic E-state index is 12.5. The molecule has 0 fully saturated rings. The van der Waals surface area contributed by atoms with Crippen LogP contribution in [0.3, 0.4) is 0 Å². The van der Waals surface area contributed by atoms with Gasteiger partial charge in [-0.05, 0) is 25.1 Å². The molecule has 0 spiro atoms. The third-order valence-corrected chi connectivity index (χ3v) is 5.46. The maximum atomic E-state index is 12.5. The number of carbonyl (C=O) groups excluding carboxylic acids is 3. The first kappa shape index (κ1) is 17.1. The molecule has 3 heterocycles. The minimum Gasteiger partial charge on any atom is -0.349 e. The fourth-order valence-corrected chi connectivity index (χ4v) is 3.94. The van der Waals surface area contributed by atoms with Gasteiger partial charge in [-0.1, -0.05) is 12.1 Å². The first-order chi connectivity index (χ1) is 13.0. The topological polar surface area (TPSA) is 112 Å². The second-order valence-corrected chi connectivity index (χ2v) is 7.20. The second-order valence-electron chi connectivity index (χ2n) is 6.08. The summed E-state index contributed by atoms with van der Waals surface area (Å²) in [6.45, 7) is 1.68. The zero-order chi connectivity index (χ0) is 19.1. The van der Waals surface area contributed by atoms with Crippen molar-refractivity contribution in [2.45, 2.75) is 19.5 Å². The Balaban J connectivity index is 1.48. The molecule has 4 rings (SSSR count). The number of fused-ring (bicyclic) bond motifs is 2. The van der Waals surface area contributed by atoms with Crippen LogP contribution in [0, 0.1) is 0 Å². The Morgan fingerprint density at radius 1 is 1.22 bits per heavy atom. The molecule has 3 aromatic rings. The number of H-pyrrole nitrogens is 1. The molecule has 1 aliphatic rings. The zero-order valence-corrected chi connectivity index (χ0v) is 15.0. The number of carbonyl (C=O) groups is 3. The highest BCUT2D eigenvalue weighted by molar-refractivity contribution is 7.18. The summed E-state index contributed by atoms with van der Waals surface area (Å²) in [5.41, 5.74) is 0.363. The lowest BCUT2D eigenvalue weighted by atomic mass is 10.1. The Labute approximate surface area is 156 Å². The molecule has 136 valence electrons. The number of aromatic nitrogens is 2. The van der Waals surface area contributed by atoms with E-state index in [1.54, 1.807) is 30.3 Å². The first-order valence-corrected chi connectivity index (χ1v) is 8.99. The minimum absolute atomic E-state index is 0.173. The molecule has 0 saturated heterocycles. The number of hydrogen-bond donors (Lipinski definition) is 2. The summed E-state index contributed by atoms with van der Waals surface area (Å²) < 4.78 is 0. The van der Waals surface area contributed by atoms with Crippen molar-refractivity contribution < 1.29 is 14.4 Å². The van der Waals surface area contributed by atoms with Crippen LogP contribution in [0.5, 0.6) is 0 Å². The Hall–Kier alpha value is -3.33. The van der Waals surface area contributed by atoms with E-state index >= 15 is 0 Å². The van der Waals surface area contributed by atoms with Crippen molar-refractivity contribution in [3.63, 3.8) is 0 Å². The smallest absolute Gasteiger partial charge is 0.262 e. The lowest BCUT2D eigenvalue weighted by molar-refractivity contribution is -0.124. The quantitative estimate of drug-likeness (QED) is 0.660. The fraction of sp³-hybridized carbons (Fsp3) is 0.167. The van der Waals surface area contributed by atoms with Gasteiger partial charge in [-0.2, -0.15) is 0 Å². The molecular weight excluding hydrogens is 368 g/mol. The molecule has 1 aliphatic heterocycles. The first-order valence-electron chi connectivity index (χ1n) is 8.18. The van der Waals surface area contributed by atoms with Crippen LogP contribution >= 0.6 is 11.3 Å². The average molecular weight is 382 g/mol. The molecule has 0 aliphatic carbocycles. The summed E-state index contributed by atoms with van der Waals surface area (Å²) in [5.74, 6) is -1.41. The van der Waals surface area contributed by atoms with E-state index in [0.29, 0.717) is 21.3 Å². The Bertz CT molecular complexity index is 1110. The summed E-state index contributed by atoms with van der Waals surface area (Å²) in [7, 11) is 0. The monoisotopic (exact) mass is 382 g/mol. The highest BCUT2D eigenvalue weighted by Crippen LogP contribution is 2.25. The molecule has 3 amide bonds. The van der Waals surface area contributed by atoms with E-state index in [-0.39, 0.29) is 12.1 Å². The SMILES string of the molecule is CC(C(=O)NCc1cc2c(=O)[nH]cnc2s1)N1C(=O)c2ccccc2C1=O. The number of thiophene rings is 1. The third-order valence-electron chi connectivity index (χ3n) is 4.41. The second kappa shape index (κ2) is 6.44. The summed E-state index contributed by atoms with van der Waals surface area (Å²) >= 11 is 1.29. The number of aromatic amines is 1. The van der Waals surface area contributed by atoms with Crippen molar-refractivity contribution in [2.24, 2.45) is 0 Å². The van der Waals surface area contributed by atoms with Gasteiger partial charge in [0.2, 0.25) is 5.91 Å². The standard InChI is InChI=1S/C18H14N4O4S/c1-9(22-17(25)11-4-2-3-5-12(11)18(22)26)14(23)19-7-10-6-13-15(24)20-8-21-16(13)27-10/h2-6,8-9H,7H2,1H3,(H,19,23)(H,20,21,24). The molecule has 0 saturated carbocycles. The molecule has 1 aromatic carbocycles. The molecule has 1 unspecified atom stereocenters. The van der Waals surface area contributed by atoms with Crippen LogP contribution < -0.4 is 10.9 Å². The Morgan fingerprint density at radius 2 is 1.89 bits per heavy atom. The summed E-state index contributed by atoms with van der Waals surface area (Å²) in [4.78, 5) is 58.0. The lowest BCUT2D eigenvalue weighted by Crippen LogP contribution is -2.47. The van der Waals surface area contributed by atoms with Crippen molar-refractivity contribution in [3.05, 3.63) is 63.0 Å². The highest BCUT2D eigenvalue weighted by atomic mass is 32.1. The largest absolute Gasteiger partial charge is 0.349 e. The molecule has 2 N–H and O–H groups in total. The van der Waals surface area contributed by atoms with Crippen LogP contribution in [-0.2, 0) is 11.3 Å². The number of nitrogens with zero attached hydrogens (tertiary/aromatic N) is 2. The van der Waals surface area contributed by atoms with Gasteiger partial charge in [0.05, 0.1) is 29.4 Å². The van der Waals surface area contributed by atoms with Crippen LogP contribution in [0.2, 0.25) is 0 Å². The van der Waals surface area contributed by atoms with E-state index < -0.39 is 23.8 Å². The van der Waals surface area contributed by atoms with E-state index in [4.69, 9.17) is 0 Å². The van der Waals surface area contributed by atoms with Gasteiger partial charge in [0.15, 0.2) is 0 Å². The van der Waals surface area contributed by atoms with Crippen molar-refractivity contribution in [2.75, 3.05) is 0 Å². The predicted molar refractivity (Wildman–Crippen MR) is 98.5 cm³/mol. The van der Waals surface area contributed by atoms with Crippen LogP contribution in [-0.4, -0.2) is 38.6 Å². The van der Waals surface area contributed by atoms with Gasteiger partial charge in [-0.3, -0.25) is 24.1 Å². The van der Waals surface area contributed by atoms with Gasteiger partial charge in [0, 0.05) is 4.88 Å². The fourth-order valence-electron chi connectivity index (χ4n) is 3.00. The normalized spacial score (nSPS) is 14.5. The average Bonchev–Trinajstić information content (AvgIpc) is 3.20. The van der Waals surface area contributed by atoms with E-state index in [1.807, 2.05) is 0 Å². The summed E-state index contributed by atoms with van der Waals surface area (Å²) in [5, 5.41) is 3.17. The van der Waals surface area contributed by atoms with Crippen LogP contribution in [0.4, 0.5) is 0 Å². The molecule has 0 radical (unpaired) electrons. The predicted octanol–water partition coefficient (Wildman–Crippen LogP) is 1.29. The number of nitrogens with one attached hydrogen (secondary N) is 2. The molecule has 9 heteroatoms. The lowest BCUT2D eigenvalue weighted by Gasteiger charge is -2.21. The maximum Gasteiger partial charge on any atom is 0.262 e. The Kier molecular flexibility index (Phi) is 4.08. The highest BCUT2D eigenvalue weighted by Gasteiger charge is 2.40. The van der Waals surface area contributed by atoms with Gasteiger partial charge in [0.1, 0.15) is 10.9 Å². The number of benzene rings is 1. The van der Waals surface area contributed by atoms with Crippen LogP contribution in [0.25, 0.3) is 10.2 Å². The van der Waals surface area contributed by atoms with Crippen molar-refractivity contribution in [3.8, 4) is 0 Å². The van der Waals surface area contributed by atoms with E-state index in [9.17, 15) is 19.2 Å². The van der Waals surface area contributed by atoms with E-state index in [0.717, 1.165) is 9.78 Å². The summed E-state index contributed by atoms with van der Waals surface area (Å²) in [6, 6.07) is 7.21. The van der Waals surface area contributed by atoms with E-state index in [1.165, 1.54) is 24.6 Å². The van der Waals surface area contributed by atoms with Gasteiger partial charge in [-0.25, -0.2) is 4.98 Å². The molecule has 8 nitrogen and oxygen atoms in total. The molecule has 0 bridgehead atoms. The zero-order valence-electron chi connectivity index (χ0n) is 14.2. The molecule has 27 heavy (non-hydrogen) atoms. The molecule has 2 aromatic heterocycles. The number of imide groups is 1. The number of hydrogen-bond acceptors (Lipinski definition) is 6. The van der Waals surface area contributed by atoms with Crippen molar-refractivity contribution in [1.29, 1.82) is 0 Å². The van der Waals surface area contributed by atoms with Crippen molar-refractivity contribution >= 4 is 39.3 Å². The van der Waals surface area contributed by atoms with Gasteiger partial charge in [0.25, 0.3) is 17.4 Å². The molecule has 1 atom stereocenters. The van der Waals surface area contributed by atoms with Crippen LogP contribution in [0.15, 0.2) is 41.5 Å². The van der Waals surface area contributed by atoms with Gasteiger partial charge < -0.3 is 10.3 Å². The summed E-state index contributed by atoms with van der Waals surface area (Å²) in [6.07, 6.45) is 1.33. The van der Waals surface area contributed by atoms with Crippen molar-refractivity contribution in [1.82, 2.24) is 20.2 Å².